The summed E-state index contributed by atoms with van der Waals surface area (Å²) in [6.07, 6.45) is 1.60. The Bertz CT molecular complexity index is 1540. The van der Waals surface area contributed by atoms with Gasteiger partial charge in [0.15, 0.2) is 0 Å². The number of carbonyl (C=O) groups excluding carboxylic acids is 2. The number of ether oxygens (including phenoxy) is 1. The summed E-state index contributed by atoms with van der Waals surface area (Å²) in [5.74, 6) is -1.71. The zero-order valence-corrected chi connectivity index (χ0v) is 25.2. The van der Waals surface area contributed by atoms with Gasteiger partial charge in [-0.05, 0) is 42.7 Å². The van der Waals surface area contributed by atoms with Crippen LogP contribution in [0.2, 0.25) is 0 Å². The van der Waals surface area contributed by atoms with Crippen molar-refractivity contribution in [1.29, 1.82) is 0 Å². The van der Waals surface area contributed by atoms with Crippen LogP contribution in [0.1, 0.15) is 31.4 Å². The second-order valence-electron chi connectivity index (χ2n) is 10.1. The molecule has 0 aliphatic carbocycles. The maximum absolute atomic E-state index is 14.1. The Morgan fingerprint density at radius 1 is 1.05 bits per heavy atom. The number of non-ortho nitro benzene ring substituents is 1. The number of methoxy groups -OCH3 is 1. The molecule has 0 aliphatic rings. The van der Waals surface area contributed by atoms with Gasteiger partial charge in [0.1, 0.15) is 29.8 Å². The van der Waals surface area contributed by atoms with Crippen LogP contribution in [0.5, 0.6) is 5.75 Å². The Kier molecular flexibility index (Phi) is 11.2. The molecule has 0 fully saturated rings. The zero-order valence-electron chi connectivity index (χ0n) is 24.4. The van der Waals surface area contributed by atoms with E-state index in [-0.39, 0.29) is 30.4 Å². The van der Waals surface area contributed by atoms with Gasteiger partial charge in [-0.25, -0.2) is 12.8 Å². The van der Waals surface area contributed by atoms with Crippen LogP contribution in [0.15, 0.2) is 72.8 Å². The average Bonchev–Trinajstić information content (AvgIpc) is 2.97. The largest absolute Gasteiger partial charge is 0.495 e. The van der Waals surface area contributed by atoms with Crippen molar-refractivity contribution in [3.8, 4) is 5.75 Å². The first-order chi connectivity index (χ1) is 20.3. The summed E-state index contributed by atoms with van der Waals surface area (Å²) in [6, 6.07) is 16.5. The van der Waals surface area contributed by atoms with E-state index in [0.717, 1.165) is 24.0 Å². The van der Waals surface area contributed by atoms with Gasteiger partial charge < -0.3 is 15.0 Å². The van der Waals surface area contributed by atoms with Crippen molar-refractivity contribution < 1.29 is 32.1 Å². The molecule has 13 heteroatoms. The molecule has 1 N–H and O–H groups in total. The topological polar surface area (TPSA) is 139 Å². The first kappa shape index (κ1) is 33.0. The fourth-order valence-electron chi connectivity index (χ4n) is 4.36. The summed E-state index contributed by atoms with van der Waals surface area (Å²) in [5, 5.41) is 14.4. The molecule has 0 aromatic heterocycles. The van der Waals surface area contributed by atoms with Gasteiger partial charge >= 0.3 is 0 Å². The monoisotopic (exact) mass is 614 g/mol. The maximum atomic E-state index is 14.1. The number of nitro benzene ring substituents is 1. The highest BCUT2D eigenvalue weighted by Crippen LogP contribution is 2.34. The molecule has 43 heavy (non-hydrogen) atoms. The molecule has 2 amide bonds. The van der Waals surface area contributed by atoms with Crippen LogP contribution in [0.3, 0.4) is 0 Å². The molecule has 0 radical (unpaired) electrons. The van der Waals surface area contributed by atoms with E-state index in [2.05, 4.69) is 5.32 Å². The second-order valence-corrected chi connectivity index (χ2v) is 12.0. The van der Waals surface area contributed by atoms with Crippen molar-refractivity contribution in [2.24, 2.45) is 0 Å². The minimum absolute atomic E-state index is 0.00995. The number of halogens is 1. The molecule has 3 aromatic carbocycles. The molecular formula is C30H35FN4O7S. The number of nitrogens with zero attached hydrogens (tertiary/aromatic N) is 3. The minimum Gasteiger partial charge on any atom is -0.495 e. The van der Waals surface area contributed by atoms with Crippen molar-refractivity contribution in [2.45, 2.75) is 45.3 Å². The second kappa shape index (κ2) is 14.6. The number of carbonyl (C=O) groups is 2. The molecule has 0 unspecified atom stereocenters. The lowest BCUT2D eigenvalue weighted by atomic mass is 10.0. The molecule has 0 bridgehead atoms. The number of nitrogens with one attached hydrogen (secondary N) is 1. The van der Waals surface area contributed by atoms with Gasteiger partial charge in [0.25, 0.3) is 5.69 Å². The lowest BCUT2D eigenvalue weighted by Crippen LogP contribution is -2.54. The molecular weight excluding hydrogens is 579 g/mol. The number of rotatable bonds is 14. The Balaban J connectivity index is 2.13. The lowest BCUT2D eigenvalue weighted by Gasteiger charge is -2.34. The van der Waals surface area contributed by atoms with E-state index in [1.165, 1.54) is 42.3 Å². The van der Waals surface area contributed by atoms with Gasteiger partial charge in [0.2, 0.25) is 21.8 Å². The third-order valence-corrected chi connectivity index (χ3v) is 7.99. The first-order valence-electron chi connectivity index (χ1n) is 13.5. The molecule has 3 rings (SSSR count). The molecule has 0 saturated heterocycles. The normalized spacial score (nSPS) is 12.6. The number of amides is 2. The van der Waals surface area contributed by atoms with Crippen LogP contribution in [-0.2, 0) is 32.6 Å². The van der Waals surface area contributed by atoms with Crippen LogP contribution in [0, 0.1) is 15.9 Å². The predicted octanol–water partition coefficient (Wildman–Crippen LogP) is 4.06. The Morgan fingerprint density at radius 2 is 1.70 bits per heavy atom. The number of hydrogen-bond acceptors (Lipinski definition) is 7. The highest BCUT2D eigenvalue weighted by molar-refractivity contribution is 7.92. The Hall–Kier alpha value is -4.52. The van der Waals surface area contributed by atoms with Crippen molar-refractivity contribution in [2.75, 3.05) is 24.2 Å². The van der Waals surface area contributed by atoms with E-state index in [1.54, 1.807) is 24.3 Å². The number of nitro groups is 1. The van der Waals surface area contributed by atoms with Crippen LogP contribution in [0.4, 0.5) is 15.8 Å². The van der Waals surface area contributed by atoms with Crippen LogP contribution in [0.25, 0.3) is 0 Å². The van der Waals surface area contributed by atoms with Gasteiger partial charge in [-0.1, -0.05) is 49.4 Å². The maximum Gasteiger partial charge on any atom is 0.271 e. The minimum atomic E-state index is -4.19. The SMILES string of the molecule is CC[C@@H](C)NC(=O)[C@H](Cc1ccccc1)N(Cc1ccc(F)cc1)C(=O)CN(c1cc([N+](=O)[O-])ccc1OC)S(C)(=O)=O. The summed E-state index contributed by atoms with van der Waals surface area (Å²) < 4.78 is 45.7. The van der Waals surface area contributed by atoms with E-state index in [0.29, 0.717) is 16.3 Å². The van der Waals surface area contributed by atoms with Crippen molar-refractivity contribution in [3.05, 3.63) is 99.9 Å². The molecule has 230 valence electrons. The number of sulfonamides is 1. The Morgan fingerprint density at radius 3 is 2.26 bits per heavy atom. The molecule has 0 spiro atoms. The molecule has 0 heterocycles. The highest BCUT2D eigenvalue weighted by atomic mass is 32.2. The van der Waals surface area contributed by atoms with Crippen LogP contribution < -0.4 is 14.4 Å². The molecule has 2 atom stereocenters. The predicted molar refractivity (Wildman–Crippen MR) is 161 cm³/mol. The van der Waals surface area contributed by atoms with E-state index >= 15 is 0 Å². The molecule has 0 saturated carbocycles. The molecule has 3 aromatic rings. The number of hydrogen-bond donors (Lipinski definition) is 1. The standard InChI is InChI=1S/C30H35FN4O7S/c1-5-21(2)32-30(37)27(17-22-9-7-6-8-10-22)33(19-23-11-13-24(31)14-12-23)29(36)20-34(43(4,40)41)26-18-25(35(38)39)15-16-28(26)42-3/h6-16,18,21,27H,5,17,19-20H2,1-4H3,(H,32,37)/t21-,27+/m1/s1. The van der Waals surface area contributed by atoms with Gasteiger partial charge in [0.05, 0.1) is 18.3 Å². The van der Waals surface area contributed by atoms with Gasteiger partial charge in [-0.15, -0.1) is 0 Å². The Labute approximate surface area is 250 Å². The third-order valence-electron chi connectivity index (χ3n) is 6.86. The van der Waals surface area contributed by atoms with Crippen LogP contribution in [-0.4, -0.2) is 62.0 Å². The molecule has 11 nitrogen and oxygen atoms in total. The van der Waals surface area contributed by atoms with E-state index in [1.807, 2.05) is 19.9 Å². The van der Waals surface area contributed by atoms with E-state index in [4.69, 9.17) is 4.74 Å². The fourth-order valence-corrected chi connectivity index (χ4v) is 5.21. The smallest absolute Gasteiger partial charge is 0.271 e. The van der Waals surface area contributed by atoms with E-state index < -0.39 is 50.9 Å². The van der Waals surface area contributed by atoms with Crippen LogP contribution >= 0.6 is 0 Å². The van der Waals surface area contributed by atoms with Crippen molar-refractivity contribution in [3.63, 3.8) is 0 Å². The van der Waals surface area contributed by atoms with Gasteiger partial charge in [-0.3, -0.25) is 24.0 Å². The molecule has 0 aliphatic heterocycles. The average molecular weight is 615 g/mol. The zero-order chi connectivity index (χ0) is 31.7. The van der Waals surface area contributed by atoms with Gasteiger partial charge in [0, 0.05) is 31.1 Å². The summed E-state index contributed by atoms with van der Waals surface area (Å²) >= 11 is 0. The quantitative estimate of drug-likeness (QED) is 0.213. The van der Waals surface area contributed by atoms with Gasteiger partial charge in [-0.2, -0.15) is 0 Å². The number of anilines is 1. The summed E-state index contributed by atoms with van der Waals surface area (Å²) in [4.78, 5) is 39.9. The summed E-state index contributed by atoms with van der Waals surface area (Å²) in [5.41, 5.74) is 0.639. The fraction of sp³-hybridized carbons (Fsp3) is 0.333. The number of benzene rings is 3. The third kappa shape index (κ3) is 8.98. The highest BCUT2D eigenvalue weighted by Gasteiger charge is 2.34. The summed E-state index contributed by atoms with van der Waals surface area (Å²) in [6.45, 7) is 2.78. The summed E-state index contributed by atoms with van der Waals surface area (Å²) in [7, 11) is -2.93. The lowest BCUT2D eigenvalue weighted by molar-refractivity contribution is -0.384. The van der Waals surface area contributed by atoms with Crippen molar-refractivity contribution in [1.82, 2.24) is 10.2 Å². The first-order valence-corrected chi connectivity index (χ1v) is 15.4. The van der Waals surface area contributed by atoms with Crippen molar-refractivity contribution >= 4 is 33.2 Å². The van der Waals surface area contributed by atoms with E-state index in [9.17, 15) is 32.5 Å².